The molecule has 2 aromatic carbocycles. The quantitative estimate of drug-likeness (QED) is 0.469. The van der Waals surface area contributed by atoms with Crippen molar-refractivity contribution in [2.24, 2.45) is 0 Å². The summed E-state index contributed by atoms with van der Waals surface area (Å²) in [7, 11) is 0. The molecule has 0 saturated carbocycles. The van der Waals surface area contributed by atoms with E-state index in [1.54, 1.807) is 12.1 Å². The van der Waals surface area contributed by atoms with E-state index in [4.69, 9.17) is 4.98 Å². The number of phenolic OH excluding ortho intramolecular Hbond substituents is 1. The summed E-state index contributed by atoms with van der Waals surface area (Å²) in [5.41, 5.74) is 6.77. The Morgan fingerprint density at radius 2 is 1.81 bits per heavy atom. The Morgan fingerprint density at radius 3 is 2.58 bits per heavy atom. The van der Waals surface area contributed by atoms with Gasteiger partial charge in [-0.05, 0) is 48.4 Å². The van der Waals surface area contributed by atoms with Crippen molar-refractivity contribution in [2.75, 3.05) is 31.1 Å². The summed E-state index contributed by atoms with van der Waals surface area (Å²) in [6.07, 6.45) is 4.16. The van der Waals surface area contributed by atoms with Crippen LogP contribution in [-0.2, 0) is 0 Å². The molecule has 0 amide bonds. The Kier molecular flexibility index (Phi) is 5.14. The zero-order valence-corrected chi connectivity index (χ0v) is 17.5. The zero-order valence-electron chi connectivity index (χ0n) is 17.5. The van der Waals surface area contributed by atoms with Gasteiger partial charge in [0.1, 0.15) is 5.75 Å². The molecule has 31 heavy (non-hydrogen) atoms. The molecule has 6 nitrogen and oxygen atoms in total. The Morgan fingerprint density at radius 1 is 1.00 bits per heavy atom. The fourth-order valence-electron chi connectivity index (χ4n) is 4.12. The van der Waals surface area contributed by atoms with Crippen LogP contribution in [0.3, 0.4) is 0 Å². The molecule has 6 heteroatoms. The smallest absolute Gasteiger partial charge is 0.184 e. The number of aryl methyl sites for hydroxylation is 1. The number of hydrogen-bond acceptors (Lipinski definition) is 5. The van der Waals surface area contributed by atoms with Crippen molar-refractivity contribution in [2.45, 2.75) is 6.92 Å². The van der Waals surface area contributed by atoms with Crippen molar-refractivity contribution in [3.05, 3.63) is 71.4 Å². The number of aromatic hydroxyl groups is 1. The third-order valence-corrected chi connectivity index (χ3v) is 5.72. The summed E-state index contributed by atoms with van der Waals surface area (Å²) in [5, 5.41) is 22.0. The van der Waals surface area contributed by atoms with Crippen LogP contribution in [0.4, 0.5) is 5.69 Å². The highest BCUT2D eigenvalue weighted by Gasteiger charge is 2.20. The minimum atomic E-state index is 0.262. The van der Waals surface area contributed by atoms with E-state index in [9.17, 15) is 5.11 Å². The number of rotatable bonds is 4. The Hall–Kier alpha value is -3.64. The van der Waals surface area contributed by atoms with Crippen molar-refractivity contribution in [1.82, 2.24) is 20.5 Å². The Balaban J connectivity index is 1.65. The number of benzene rings is 2. The molecule has 4 aromatic rings. The van der Waals surface area contributed by atoms with Crippen molar-refractivity contribution < 1.29 is 5.11 Å². The maximum atomic E-state index is 9.81. The number of pyridine rings is 1. The van der Waals surface area contributed by atoms with Crippen molar-refractivity contribution >= 4 is 28.9 Å². The lowest BCUT2D eigenvalue weighted by Gasteiger charge is -2.30. The standard InChI is InChI=1S/C25H25N5O/c1-17-15-19(31)8-9-20(17)22-16-23(30-13-11-26-12-14-30)24-21(28-29-25(24)27-22)10-7-18-5-3-2-4-6-18/h2-10,15-16,26,31H,11-14H2,1H3,(H,27,28,29)/b10-7+. The summed E-state index contributed by atoms with van der Waals surface area (Å²) in [5.74, 6) is 0.262. The van der Waals surface area contributed by atoms with Gasteiger partial charge >= 0.3 is 0 Å². The molecule has 0 spiro atoms. The molecule has 1 aliphatic rings. The van der Waals surface area contributed by atoms with Crippen molar-refractivity contribution in [3.63, 3.8) is 0 Å². The minimum Gasteiger partial charge on any atom is -0.508 e. The van der Waals surface area contributed by atoms with Gasteiger partial charge in [-0.1, -0.05) is 36.4 Å². The van der Waals surface area contributed by atoms with Crippen LogP contribution in [0.2, 0.25) is 0 Å². The number of anilines is 1. The van der Waals surface area contributed by atoms with Gasteiger partial charge in [-0.25, -0.2) is 4.98 Å². The number of piperazine rings is 1. The van der Waals surface area contributed by atoms with Gasteiger partial charge in [-0.15, -0.1) is 0 Å². The van der Waals surface area contributed by atoms with E-state index in [1.807, 2.05) is 31.2 Å². The molecule has 0 unspecified atom stereocenters. The van der Waals surface area contributed by atoms with Crippen LogP contribution in [-0.4, -0.2) is 46.5 Å². The molecular weight excluding hydrogens is 386 g/mol. The Labute approximate surface area is 181 Å². The van der Waals surface area contributed by atoms with Crippen LogP contribution in [0.5, 0.6) is 5.75 Å². The van der Waals surface area contributed by atoms with E-state index in [2.05, 4.69) is 50.8 Å². The van der Waals surface area contributed by atoms with Gasteiger partial charge in [0.05, 0.1) is 22.5 Å². The lowest BCUT2D eigenvalue weighted by Crippen LogP contribution is -2.43. The molecule has 0 atom stereocenters. The van der Waals surface area contributed by atoms with Crippen LogP contribution >= 0.6 is 0 Å². The van der Waals surface area contributed by atoms with Gasteiger partial charge in [-0.3, -0.25) is 5.10 Å². The van der Waals surface area contributed by atoms with Gasteiger partial charge in [0, 0.05) is 31.7 Å². The largest absolute Gasteiger partial charge is 0.508 e. The van der Waals surface area contributed by atoms with E-state index < -0.39 is 0 Å². The first kappa shape index (κ1) is 19.3. The predicted octanol–water partition coefficient (Wildman–Crippen LogP) is 4.22. The molecule has 1 saturated heterocycles. The first-order valence-corrected chi connectivity index (χ1v) is 10.6. The highest BCUT2D eigenvalue weighted by atomic mass is 16.3. The lowest BCUT2D eigenvalue weighted by molar-refractivity contribution is 0.475. The topological polar surface area (TPSA) is 77.1 Å². The summed E-state index contributed by atoms with van der Waals surface area (Å²) in [4.78, 5) is 7.26. The van der Waals surface area contributed by atoms with Crippen molar-refractivity contribution in [1.29, 1.82) is 0 Å². The highest BCUT2D eigenvalue weighted by molar-refractivity contribution is 5.99. The number of H-pyrrole nitrogens is 1. The van der Waals surface area contributed by atoms with Gasteiger partial charge < -0.3 is 15.3 Å². The first-order valence-electron chi connectivity index (χ1n) is 10.6. The van der Waals surface area contributed by atoms with Crippen LogP contribution in [0.25, 0.3) is 34.4 Å². The summed E-state index contributed by atoms with van der Waals surface area (Å²) < 4.78 is 0. The number of phenols is 1. The van der Waals surface area contributed by atoms with E-state index >= 15 is 0 Å². The molecule has 2 aromatic heterocycles. The molecule has 0 aliphatic carbocycles. The average Bonchev–Trinajstić information content (AvgIpc) is 3.21. The van der Waals surface area contributed by atoms with Crippen LogP contribution in [0.1, 0.15) is 16.8 Å². The van der Waals surface area contributed by atoms with Crippen LogP contribution in [0.15, 0.2) is 54.6 Å². The minimum absolute atomic E-state index is 0.262. The van der Waals surface area contributed by atoms with Gasteiger partial charge in [0.2, 0.25) is 0 Å². The maximum absolute atomic E-state index is 9.81. The number of aromatic amines is 1. The molecule has 0 radical (unpaired) electrons. The van der Waals surface area contributed by atoms with E-state index in [1.165, 1.54) is 0 Å². The first-order chi connectivity index (χ1) is 15.2. The molecule has 0 bridgehead atoms. The van der Waals surface area contributed by atoms with E-state index in [0.717, 1.165) is 65.3 Å². The number of nitrogens with zero attached hydrogens (tertiary/aromatic N) is 3. The number of hydrogen-bond donors (Lipinski definition) is 3. The molecule has 1 aliphatic heterocycles. The third-order valence-electron chi connectivity index (χ3n) is 5.72. The van der Waals surface area contributed by atoms with Crippen molar-refractivity contribution in [3.8, 4) is 17.0 Å². The van der Waals surface area contributed by atoms with E-state index in [0.29, 0.717) is 5.65 Å². The summed E-state index contributed by atoms with van der Waals surface area (Å²) in [6, 6.07) is 17.8. The van der Waals surface area contributed by atoms with Crippen LogP contribution in [0, 0.1) is 6.92 Å². The van der Waals surface area contributed by atoms with Gasteiger partial charge in [-0.2, -0.15) is 5.10 Å². The number of aromatic nitrogens is 3. The Bertz CT molecular complexity index is 1240. The van der Waals surface area contributed by atoms with Gasteiger partial charge in [0.25, 0.3) is 0 Å². The summed E-state index contributed by atoms with van der Waals surface area (Å²) in [6.45, 7) is 5.75. The number of fused-ring (bicyclic) bond motifs is 1. The predicted molar refractivity (Wildman–Crippen MR) is 126 cm³/mol. The van der Waals surface area contributed by atoms with Gasteiger partial charge in [0.15, 0.2) is 5.65 Å². The monoisotopic (exact) mass is 411 g/mol. The second kappa shape index (κ2) is 8.24. The molecule has 156 valence electrons. The van der Waals surface area contributed by atoms with Crippen LogP contribution < -0.4 is 10.2 Å². The second-order valence-electron chi connectivity index (χ2n) is 7.84. The zero-order chi connectivity index (χ0) is 21.2. The highest BCUT2D eigenvalue weighted by Crippen LogP contribution is 2.34. The fraction of sp³-hybridized carbons (Fsp3) is 0.200. The third kappa shape index (κ3) is 3.90. The fourth-order valence-corrected chi connectivity index (χ4v) is 4.12. The molecule has 1 fully saturated rings. The molecular formula is C25H25N5O. The second-order valence-corrected chi connectivity index (χ2v) is 7.84. The average molecular weight is 412 g/mol. The molecule has 3 heterocycles. The number of nitrogens with one attached hydrogen (secondary N) is 2. The molecule has 3 N–H and O–H groups in total. The SMILES string of the molecule is Cc1cc(O)ccc1-c1cc(N2CCNCC2)c2c(/C=C/c3ccccc3)[nH]nc2n1. The normalized spacial score (nSPS) is 14.5. The lowest BCUT2D eigenvalue weighted by atomic mass is 10.0. The summed E-state index contributed by atoms with van der Waals surface area (Å²) >= 11 is 0. The van der Waals surface area contributed by atoms with E-state index in [-0.39, 0.29) is 5.75 Å². The maximum Gasteiger partial charge on any atom is 0.184 e. The molecule has 5 rings (SSSR count).